The molecule has 2 aromatic carbocycles. The number of aromatic nitrogens is 3. The minimum absolute atomic E-state index is 0.0563. The zero-order chi connectivity index (χ0) is 77.6. The molecule has 32 nitrogen and oxygen atoms in total. The van der Waals surface area contributed by atoms with Gasteiger partial charge in [-0.2, -0.15) is 0 Å². The van der Waals surface area contributed by atoms with Gasteiger partial charge < -0.3 is 89.0 Å². The van der Waals surface area contributed by atoms with E-state index in [1.165, 1.54) is 60.4 Å². The van der Waals surface area contributed by atoms with Crippen LogP contribution >= 0.6 is 11.3 Å². The number of ether oxygens (including phenoxy) is 8. The number of amides is 7. The molecule has 3 unspecified atom stereocenters. The number of carboxylic acid groups (broad SMARTS) is 2. The number of aliphatic hydroxyl groups is 4. The molecule has 5 heterocycles. The molecule has 0 aliphatic carbocycles. The number of carbonyl (C=O) groups excluding carboxylic acids is 7. The lowest BCUT2D eigenvalue weighted by molar-refractivity contribution is -0.277. The van der Waals surface area contributed by atoms with Gasteiger partial charge in [0.1, 0.15) is 54.4 Å². The third-order valence-corrected chi connectivity index (χ3v) is 20.8. The van der Waals surface area contributed by atoms with Crippen LogP contribution < -0.4 is 15.4 Å². The van der Waals surface area contributed by atoms with E-state index in [1.807, 2.05) is 19.9 Å². The second-order valence-corrected chi connectivity index (χ2v) is 28.7. The van der Waals surface area contributed by atoms with Crippen LogP contribution in [0, 0.1) is 23.7 Å². The molecule has 0 radical (unpaired) electrons. The van der Waals surface area contributed by atoms with Gasteiger partial charge in [-0.05, 0) is 54.7 Å². The summed E-state index contributed by atoms with van der Waals surface area (Å²) in [5.41, 5.74) is 1.44. The van der Waals surface area contributed by atoms with Crippen LogP contribution in [-0.4, -0.2) is 279 Å². The smallest absolute Gasteiger partial charge is 0.410 e. The zero-order valence-corrected chi connectivity index (χ0v) is 62.9. The fraction of sp³-hybridized carbons (Fsp3) is 0.630. The Morgan fingerprint density at radius 2 is 1.44 bits per heavy atom. The van der Waals surface area contributed by atoms with Crippen LogP contribution in [-0.2, 0) is 97.3 Å². The van der Waals surface area contributed by atoms with Crippen LogP contribution in [0.3, 0.4) is 0 Å². The molecule has 4 aromatic rings. The molecule has 106 heavy (non-hydrogen) atoms. The Balaban J connectivity index is 1.07. The first-order valence-electron chi connectivity index (χ1n) is 35.9. The zero-order valence-electron chi connectivity index (χ0n) is 62.1. The Bertz CT molecular complexity index is 3590. The Morgan fingerprint density at radius 1 is 0.783 bits per heavy atom. The van der Waals surface area contributed by atoms with Gasteiger partial charge >= 0.3 is 18.0 Å². The van der Waals surface area contributed by atoms with Crippen molar-refractivity contribution in [2.75, 3.05) is 87.7 Å². The van der Waals surface area contributed by atoms with Crippen LogP contribution in [0.2, 0.25) is 0 Å². The summed E-state index contributed by atoms with van der Waals surface area (Å²) in [5, 5.41) is 76.7. The molecule has 3 aliphatic rings. The minimum atomic E-state index is -1.79. The van der Waals surface area contributed by atoms with Gasteiger partial charge in [0, 0.05) is 86.6 Å². The largest absolute Gasteiger partial charge is 0.481 e. The monoisotopic (exact) mass is 1510 g/mol. The first-order valence-corrected chi connectivity index (χ1v) is 36.7. The summed E-state index contributed by atoms with van der Waals surface area (Å²) in [6, 6.07) is 8.72. The summed E-state index contributed by atoms with van der Waals surface area (Å²) < 4.78 is 49.3. The number of methoxy groups -OCH3 is 2. The van der Waals surface area contributed by atoms with Gasteiger partial charge in [-0.25, -0.2) is 14.3 Å². The van der Waals surface area contributed by atoms with Gasteiger partial charge in [0.15, 0.2) is 0 Å². The van der Waals surface area contributed by atoms with E-state index in [9.17, 15) is 59.4 Å². The Labute approximate surface area is 620 Å². The third-order valence-electron chi connectivity index (χ3n) is 19.5. The maximum Gasteiger partial charge on any atom is 0.410 e. The highest BCUT2D eigenvalue weighted by Gasteiger charge is 2.47. The van der Waals surface area contributed by atoms with Crippen molar-refractivity contribution in [2.45, 2.75) is 186 Å². The molecule has 2 fully saturated rings. The summed E-state index contributed by atoms with van der Waals surface area (Å²) in [5.74, 6) is -7.30. The number of imide groups is 1. The van der Waals surface area contributed by atoms with Gasteiger partial charge in [0.2, 0.25) is 29.9 Å². The molecule has 15 atom stereocenters. The molecule has 2 saturated heterocycles. The molecule has 0 spiro atoms. The van der Waals surface area contributed by atoms with E-state index in [-0.39, 0.29) is 102 Å². The van der Waals surface area contributed by atoms with Crippen LogP contribution in [0.25, 0.3) is 10.1 Å². The molecular formula is C73H105N9O23S. The van der Waals surface area contributed by atoms with Crippen LogP contribution in [0.1, 0.15) is 108 Å². The normalized spacial score (nSPS) is 20.8. The summed E-state index contributed by atoms with van der Waals surface area (Å²) in [6.07, 6.45) is -6.83. The molecule has 7 rings (SSSR count). The third kappa shape index (κ3) is 22.5. The van der Waals surface area contributed by atoms with Gasteiger partial charge in [-0.15, -0.1) is 16.4 Å². The fourth-order valence-electron chi connectivity index (χ4n) is 13.5. The molecule has 0 saturated carbocycles. The van der Waals surface area contributed by atoms with Crippen molar-refractivity contribution >= 4 is 74.9 Å². The van der Waals surface area contributed by atoms with Crippen LogP contribution in [0.5, 0.6) is 5.75 Å². The molecule has 2 aromatic heterocycles. The number of likely N-dealkylation sites (N-methyl/N-ethyl adjacent to an activating group) is 2. The highest BCUT2D eigenvalue weighted by molar-refractivity contribution is 7.19. The standard InChI is InChI=1S/C73H105N9O23S/c1-12-43(6)62(54(98-10)38-58(86)81-26-16-19-51(81)66(99-11)44(7)68(92)74-50(71(95)96)35-45-17-14-13-15-18-45)78(8)70(94)60(41(2)3)75-69(93)61(42(4)5)79(9)73(97)105-53(36-46-39-80(77-76-46)27-29-100-31-33-102-34-32-101-30-28-82-56(84)23-24-57(82)85)48-21-22-52(49-37-47(106-67(48)49)20-25-59(87)88)103-72-65(91)64(90)63(89)55(40-83)104-72/h13-15,17-18,21-24,37,39,41-44,50-51,53-55,60-66,72,83,89-91H,12,16,19-20,25-36,38,40H2,1-11H3,(H,74,92)(H,75,93)(H,87,88)(H,95,96)/t43?,44-,50?,51+,53?,54-,55-,60+,61+,62+,63+,64+,65-,66-,72-/m1/s1. The Morgan fingerprint density at radius 3 is 2.05 bits per heavy atom. The van der Waals surface area contributed by atoms with Gasteiger partial charge in [-0.3, -0.25) is 43.4 Å². The predicted molar refractivity (Wildman–Crippen MR) is 382 cm³/mol. The van der Waals surface area contributed by atoms with E-state index in [1.54, 1.807) is 89.2 Å². The van der Waals surface area contributed by atoms with Crippen molar-refractivity contribution in [1.82, 2.24) is 45.2 Å². The SMILES string of the molecule is CCC(C)[C@@H]([C@@H](CC(=O)N1CCC[C@H]1[C@H](OC)[C@@H](C)C(=O)NC(Cc1ccccc1)C(=O)O)OC)N(C)C(=O)[C@@H](NC(=O)[C@H](C(C)C)N(C)C(=O)OC(Cc1cn(CCOCCOCCOCCN2C(=O)C=CC2=O)nn1)c1ccc(O[C@@H]2O[C@H](CO)[C@H](O)[C@H](O)[C@H]2O)c2cc(CCC(=O)O)sc12)C(C)C. The van der Waals surface area contributed by atoms with Crippen molar-refractivity contribution in [3.8, 4) is 5.75 Å². The van der Waals surface area contributed by atoms with E-state index < -0.39 is 151 Å². The first kappa shape index (κ1) is 85.2. The number of benzene rings is 2. The number of carboxylic acids is 2. The number of thiophene rings is 1. The summed E-state index contributed by atoms with van der Waals surface area (Å²) in [4.78, 5) is 127. The summed E-state index contributed by atoms with van der Waals surface area (Å²) in [6.45, 7) is 13.7. The highest BCUT2D eigenvalue weighted by Crippen LogP contribution is 2.42. The van der Waals surface area contributed by atoms with E-state index >= 15 is 14.4 Å². The van der Waals surface area contributed by atoms with E-state index in [2.05, 4.69) is 20.9 Å². The highest BCUT2D eigenvalue weighted by atomic mass is 32.1. The van der Waals surface area contributed by atoms with Crippen molar-refractivity contribution in [2.24, 2.45) is 23.7 Å². The predicted octanol–water partition coefficient (Wildman–Crippen LogP) is 2.91. The number of rotatable bonds is 43. The number of nitrogens with one attached hydrogen (secondary N) is 2. The summed E-state index contributed by atoms with van der Waals surface area (Å²) in [7, 11) is 5.88. The number of aliphatic carboxylic acids is 2. The second kappa shape index (κ2) is 40.7. The number of likely N-dealkylation sites (tertiary alicyclic amines) is 1. The van der Waals surface area contributed by atoms with Gasteiger partial charge in [0.25, 0.3) is 11.8 Å². The van der Waals surface area contributed by atoms with E-state index in [4.69, 9.17) is 37.9 Å². The lowest BCUT2D eigenvalue weighted by atomic mass is 9.89. The quantitative estimate of drug-likeness (QED) is 0.0233. The van der Waals surface area contributed by atoms with Crippen LogP contribution in [0.15, 0.2) is 66.9 Å². The molecular weight excluding hydrogens is 1400 g/mol. The van der Waals surface area contributed by atoms with Crippen molar-refractivity contribution in [3.63, 3.8) is 0 Å². The topological polar surface area (TPSA) is 417 Å². The molecule has 7 amide bonds. The average molecular weight is 1510 g/mol. The lowest BCUT2D eigenvalue weighted by Crippen LogP contribution is -2.60. The van der Waals surface area contributed by atoms with Gasteiger partial charge in [-0.1, -0.05) is 96.5 Å². The van der Waals surface area contributed by atoms with Gasteiger partial charge in [0.05, 0.1) is 108 Å². The van der Waals surface area contributed by atoms with Crippen molar-refractivity contribution < 1.29 is 112 Å². The molecule has 8 N–H and O–H groups in total. The average Bonchev–Trinajstić information content (AvgIpc) is 1.56. The molecule has 586 valence electrons. The molecule has 3 aliphatic heterocycles. The Hall–Kier alpha value is -8.09. The number of aliphatic hydroxyl groups excluding tert-OH is 4. The fourth-order valence-corrected chi connectivity index (χ4v) is 14.7. The number of fused-ring (bicyclic) bond motifs is 1. The maximum absolute atomic E-state index is 15.2. The number of aryl methyl sites for hydroxylation is 1. The maximum atomic E-state index is 15.2. The molecule has 0 bridgehead atoms. The number of hydrogen-bond donors (Lipinski definition) is 8. The summed E-state index contributed by atoms with van der Waals surface area (Å²) >= 11 is 1.17. The van der Waals surface area contributed by atoms with Crippen LogP contribution in [0.4, 0.5) is 4.79 Å². The number of carbonyl (C=O) groups is 9. The number of hydrogen-bond acceptors (Lipinski definition) is 24. The second-order valence-electron chi connectivity index (χ2n) is 27.6. The minimum Gasteiger partial charge on any atom is -0.481 e. The first-order chi connectivity index (χ1) is 50.5. The van der Waals surface area contributed by atoms with E-state index in [0.717, 1.165) is 15.4 Å². The Kier molecular flexibility index (Phi) is 32.7. The van der Waals surface area contributed by atoms with Crippen molar-refractivity contribution in [3.05, 3.63) is 88.6 Å². The van der Waals surface area contributed by atoms with Crippen molar-refractivity contribution in [1.29, 1.82) is 0 Å². The van der Waals surface area contributed by atoms with E-state index in [0.29, 0.717) is 52.0 Å². The molecule has 33 heteroatoms. The number of nitrogens with zero attached hydrogens (tertiary/aromatic N) is 7. The lowest BCUT2D eigenvalue weighted by Gasteiger charge is -2.41.